The lowest BCUT2D eigenvalue weighted by Crippen LogP contribution is -2.35. The number of nitrogens with zero attached hydrogens (tertiary/aromatic N) is 1. The SMILES string of the molecule is CC(C)(C)OC(=O)N1CC(CN)C(c2ccc(F)cc2)C1. The maximum absolute atomic E-state index is 13.0. The van der Waals surface area contributed by atoms with Crippen molar-refractivity contribution in [1.29, 1.82) is 0 Å². The van der Waals surface area contributed by atoms with Crippen molar-refractivity contribution in [2.75, 3.05) is 19.6 Å². The van der Waals surface area contributed by atoms with Gasteiger partial charge in [0.2, 0.25) is 0 Å². The molecule has 1 saturated heterocycles. The van der Waals surface area contributed by atoms with Gasteiger partial charge in [0.15, 0.2) is 0 Å². The van der Waals surface area contributed by atoms with E-state index in [1.54, 1.807) is 17.0 Å². The fraction of sp³-hybridized carbons (Fsp3) is 0.562. The lowest BCUT2D eigenvalue weighted by atomic mass is 9.89. The van der Waals surface area contributed by atoms with E-state index in [0.29, 0.717) is 19.6 Å². The van der Waals surface area contributed by atoms with Gasteiger partial charge in [-0.25, -0.2) is 9.18 Å². The zero-order chi connectivity index (χ0) is 15.6. The summed E-state index contributed by atoms with van der Waals surface area (Å²) in [6.45, 7) is 7.16. The van der Waals surface area contributed by atoms with Crippen LogP contribution in [0.5, 0.6) is 0 Å². The molecule has 1 aliphatic rings. The monoisotopic (exact) mass is 294 g/mol. The van der Waals surface area contributed by atoms with Crippen molar-refractivity contribution in [2.24, 2.45) is 11.7 Å². The molecule has 1 fully saturated rings. The first-order valence-electron chi connectivity index (χ1n) is 7.23. The summed E-state index contributed by atoms with van der Waals surface area (Å²) >= 11 is 0. The van der Waals surface area contributed by atoms with Crippen molar-refractivity contribution in [3.05, 3.63) is 35.6 Å². The molecular formula is C16H23FN2O2. The Morgan fingerprint density at radius 1 is 1.33 bits per heavy atom. The topological polar surface area (TPSA) is 55.6 Å². The Morgan fingerprint density at radius 2 is 1.95 bits per heavy atom. The second-order valence-corrected chi connectivity index (χ2v) is 6.54. The first-order valence-corrected chi connectivity index (χ1v) is 7.23. The van der Waals surface area contributed by atoms with Crippen LogP contribution >= 0.6 is 0 Å². The van der Waals surface area contributed by atoms with Crippen LogP contribution in [0.4, 0.5) is 9.18 Å². The highest BCUT2D eigenvalue weighted by atomic mass is 19.1. The number of nitrogens with two attached hydrogens (primary N) is 1. The molecule has 116 valence electrons. The number of carbonyl (C=O) groups excluding carboxylic acids is 1. The quantitative estimate of drug-likeness (QED) is 0.912. The van der Waals surface area contributed by atoms with Gasteiger partial charge in [-0.2, -0.15) is 0 Å². The Balaban J connectivity index is 2.10. The van der Waals surface area contributed by atoms with Gasteiger partial charge < -0.3 is 15.4 Å². The summed E-state index contributed by atoms with van der Waals surface area (Å²) in [7, 11) is 0. The van der Waals surface area contributed by atoms with E-state index in [0.717, 1.165) is 5.56 Å². The number of hydrogen-bond acceptors (Lipinski definition) is 3. The number of likely N-dealkylation sites (tertiary alicyclic amines) is 1. The average Bonchev–Trinajstić information content (AvgIpc) is 2.82. The van der Waals surface area contributed by atoms with E-state index >= 15 is 0 Å². The Bertz CT molecular complexity index is 496. The molecule has 5 heteroatoms. The Labute approximate surface area is 125 Å². The summed E-state index contributed by atoms with van der Waals surface area (Å²) in [6.07, 6.45) is -0.314. The third kappa shape index (κ3) is 3.94. The number of amides is 1. The minimum absolute atomic E-state index is 0.128. The van der Waals surface area contributed by atoms with E-state index in [2.05, 4.69) is 0 Å². The van der Waals surface area contributed by atoms with E-state index in [1.807, 2.05) is 20.8 Å². The van der Waals surface area contributed by atoms with Gasteiger partial charge in [-0.3, -0.25) is 0 Å². The Kier molecular flexibility index (Phi) is 4.52. The van der Waals surface area contributed by atoms with Crippen LogP contribution in [-0.4, -0.2) is 36.2 Å². The molecule has 0 spiro atoms. The summed E-state index contributed by atoms with van der Waals surface area (Å²) in [5.41, 5.74) is 6.33. The highest BCUT2D eigenvalue weighted by Crippen LogP contribution is 2.33. The molecule has 2 unspecified atom stereocenters. The van der Waals surface area contributed by atoms with Crippen molar-refractivity contribution in [3.63, 3.8) is 0 Å². The van der Waals surface area contributed by atoms with Gasteiger partial charge >= 0.3 is 6.09 Å². The van der Waals surface area contributed by atoms with Crippen molar-refractivity contribution in [2.45, 2.75) is 32.3 Å². The number of benzene rings is 1. The van der Waals surface area contributed by atoms with Crippen LogP contribution in [-0.2, 0) is 4.74 Å². The van der Waals surface area contributed by atoms with Crippen LogP contribution < -0.4 is 5.73 Å². The van der Waals surface area contributed by atoms with E-state index in [4.69, 9.17) is 10.5 Å². The fourth-order valence-corrected chi connectivity index (χ4v) is 2.67. The number of carbonyl (C=O) groups is 1. The van der Waals surface area contributed by atoms with Crippen LogP contribution in [0, 0.1) is 11.7 Å². The molecule has 1 heterocycles. The molecule has 0 bridgehead atoms. The van der Waals surface area contributed by atoms with Crippen LogP contribution in [0.25, 0.3) is 0 Å². The Morgan fingerprint density at radius 3 is 2.48 bits per heavy atom. The first-order chi connectivity index (χ1) is 9.80. The predicted molar refractivity (Wildman–Crippen MR) is 79.5 cm³/mol. The molecule has 4 nitrogen and oxygen atoms in total. The lowest BCUT2D eigenvalue weighted by Gasteiger charge is -2.24. The van der Waals surface area contributed by atoms with Crippen LogP contribution in [0.3, 0.4) is 0 Å². The zero-order valence-corrected chi connectivity index (χ0v) is 12.8. The molecular weight excluding hydrogens is 271 g/mol. The molecule has 0 radical (unpaired) electrons. The minimum Gasteiger partial charge on any atom is -0.444 e. The Hall–Kier alpha value is -1.62. The van der Waals surface area contributed by atoms with Crippen molar-refractivity contribution in [3.8, 4) is 0 Å². The van der Waals surface area contributed by atoms with Gasteiger partial charge in [0, 0.05) is 19.0 Å². The summed E-state index contributed by atoms with van der Waals surface area (Å²) in [5, 5.41) is 0. The second kappa shape index (κ2) is 6.02. The third-order valence-electron chi connectivity index (χ3n) is 3.69. The third-order valence-corrected chi connectivity index (χ3v) is 3.69. The van der Waals surface area contributed by atoms with Crippen molar-refractivity contribution < 1.29 is 13.9 Å². The largest absolute Gasteiger partial charge is 0.444 e. The smallest absolute Gasteiger partial charge is 0.410 e. The van der Waals surface area contributed by atoms with Gasteiger partial charge in [0.1, 0.15) is 11.4 Å². The summed E-state index contributed by atoms with van der Waals surface area (Å²) in [6, 6.07) is 6.42. The first kappa shape index (κ1) is 15.8. The van der Waals surface area contributed by atoms with Crippen LogP contribution in [0.15, 0.2) is 24.3 Å². The summed E-state index contributed by atoms with van der Waals surface area (Å²) < 4.78 is 18.4. The maximum atomic E-state index is 13.0. The molecule has 0 aliphatic carbocycles. The van der Waals surface area contributed by atoms with Gasteiger partial charge in [-0.05, 0) is 50.9 Å². The lowest BCUT2D eigenvalue weighted by molar-refractivity contribution is 0.0287. The average molecular weight is 294 g/mol. The molecule has 1 amide bonds. The second-order valence-electron chi connectivity index (χ2n) is 6.54. The number of hydrogen-bond donors (Lipinski definition) is 1. The maximum Gasteiger partial charge on any atom is 0.410 e. The number of ether oxygens (including phenoxy) is 1. The van der Waals surface area contributed by atoms with Crippen molar-refractivity contribution >= 4 is 6.09 Å². The van der Waals surface area contributed by atoms with E-state index in [9.17, 15) is 9.18 Å². The number of rotatable bonds is 2. The van der Waals surface area contributed by atoms with Gasteiger partial charge in [0.05, 0.1) is 0 Å². The summed E-state index contributed by atoms with van der Waals surface area (Å²) in [5.74, 6) is 0.0381. The predicted octanol–water partition coefficient (Wildman–Crippen LogP) is 2.73. The molecule has 1 aromatic carbocycles. The van der Waals surface area contributed by atoms with Crippen LogP contribution in [0.2, 0.25) is 0 Å². The van der Waals surface area contributed by atoms with Gasteiger partial charge in [-0.15, -0.1) is 0 Å². The van der Waals surface area contributed by atoms with Gasteiger partial charge in [0.25, 0.3) is 0 Å². The normalized spacial score (nSPS) is 22.4. The van der Waals surface area contributed by atoms with Crippen molar-refractivity contribution in [1.82, 2.24) is 4.90 Å². The van der Waals surface area contributed by atoms with Crippen LogP contribution in [0.1, 0.15) is 32.3 Å². The van der Waals surface area contributed by atoms with E-state index in [1.165, 1.54) is 12.1 Å². The minimum atomic E-state index is -0.511. The molecule has 1 aliphatic heterocycles. The molecule has 2 atom stereocenters. The molecule has 1 aromatic rings. The van der Waals surface area contributed by atoms with Gasteiger partial charge in [-0.1, -0.05) is 12.1 Å². The molecule has 0 aromatic heterocycles. The van der Waals surface area contributed by atoms with E-state index < -0.39 is 5.60 Å². The fourth-order valence-electron chi connectivity index (χ4n) is 2.67. The van der Waals surface area contributed by atoms with E-state index in [-0.39, 0.29) is 23.7 Å². The number of halogens is 1. The zero-order valence-electron chi connectivity index (χ0n) is 12.8. The highest BCUT2D eigenvalue weighted by molar-refractivity contribution is 5.68. The molecule has 0 saturated carbocycles. The molecule has 2 rings (SSSR count). The molecule has 2 N–H and O–H groups in total. The molecule has 21 heavy (non-hydrogen) atoms. The standard InChI is InChI=1S/C16H23FN2O2/c1-16(2,3)21-15(20)19-9-12(8-18)14(10-19)11-4-6-13(17)7-5-11/h4-7,12,14H,8-10,18H2,1-3H3. The summed E-state index contributed by atoms with van der Waals surface area (Å²) in [4.78, 5) is 13.8. The highest BCUT2D eigenvalue weighted by Gasteiger charge is 2.37.